The minimum absolute atomic E-state index is 0. The molecule has 198 valence electrons. The number of hydrogen-bond acceptors (Lipinski definition) is 8. The van der Waals surface area contributed by atoms with Gasteiger partial charge in [0, 0.05) is 19.3 Å². The number of nitrogens with zero attached hydrogens (tertiary/aromatic N) is 7. The van der Waals surface area contributed by atoms with E-state index in [0.29, 0.717) is 5.82 Å². The maximum absolute atomic E-state index is 10.7. The van der Waals surface area contributed by atoms with Crippen molar-refractivity contribution in [3.8, 4) is 0 Å². The van der Waals surface area contributed by atoms with Crippen molar-refractivity contribution in [3.63, 3.8) is 0 Å². The third kappa shape index (κ3) is 8.29. The Morgan fingerprint density at radius 3 is 1.63 bits per heavy atom. The lowest BCUT2D eigenvalue weighted by Crippen LogP contribution is -2.42. The van der Waals surface area contributed by atoms with Gasteiger partial charge in [0.05, 0.1) is 17.4 Å². The lowest BCUT2D eigenvalue weighted by Gasteiger charge is -2.35. The topological polar surface area (TPSA) is 146 Å². The molecule has 0 atom stereocenters. The molecule has 0 bridgehead atoms. The number of imidazole rings is 2. The molecule has 2 aliphatic heterocycles. The zero-order valence-corrected chi connectivity index (χ0v) is 22.0. The zero-order chi connectivity index (χ0) is 24.8. The molecule has 4 rings (SSSR count). The van der Waals surface area contributed by atoms with Gasteiger partial charge in [-0.05, 0) is 89.5 Å². The molecule has 2 aromatic heterocycles. The normalized spacial score (nSPS) is 17.8. The first-order chi connectivity index (χ1) is 16.1. The third-order valence-electron chi connectivity index (χ3n) is 6.87. The summed E-state index contributed by atoms with van der Waals surface area (Å²) in [5, 5.41) is 10.7. The number of piperidine rings is 2. The van der Waals surface area contributed by atoms with Crippen molar-refractivity contribution in [2.45, 2.75) is 77.3 Å². The SMILES string of the molecule is CC(C)(CN1CCCCC1)n1cnc(N)c1.CC(C)(CN1CCCCC1)n1cnc([N+](=O)[O-])c1.N. The minimum atomic E-state index is -0.451. The van der Waals surface area contributed by atoms with Crippen LogP contribution in [0.3, 0.4) is 0 Å². The van der Waals surface area contributed by atoms with Crippen LogP contribution in [0.25, 0.3) is 0 Å². The Bertz CT molecular complexity index is 910. The molecule has 0 amide bonds. The third-order valence-corrected chi connectivity index (χ3v) is 6.87. The summed E-state index contributed by atoms with van der Waals surface area (Å²) in [5.41, 5.74) is 5.57. The summed E-state index contributed by atoms with van der Waals surface area (Å²) in [4.78, 5) is 23.1. The van der Waals surface area contributed by atoms with Gasteiger partial charge < -0.3 is 40.9 Å². The molecule has 2 fully saturated rings. The predicted octanol–water partition coefficient (Wildman–Crippen LogP) is 3.86. The second-order valence-electron chi connectivity index (χ2n) is 10.9. The smallest absolute Gasteiger partial charge is 0.381 e. The number of nitrogen functional groups attached to an aromatic ring is 1. The molecule has 0 saturated carbocycles. The van der Waals surface area contributed by atoms with Crippen LogP contribution in [0.15, 0.2) is 25.0 Å². The first-order valence-electron chi connectivity index (χ1n) is 12.5. The van der Waals surface area contributed by atoms with Crippen molar-refractivity contribution < 1.29 is 4.92 Å². The van der Waals surface area contributed by atoms with E-state index in [2.05, 4.69) is 52.0 Å². The number of anilines is 1. The van der Waals surface area contributed by atoms with Crippen LogP contribution in [0.4, 0.5) is 11.6 Å². The number of nitrogens with two attached hydrogens (primary N) is 1. The van der Waals surface area contributed by atoms with Gasteiger partial charge in [-0.25, -0.2) is 4.98 Å². The molecular formula is C24H45N9O2. The van der Waals surface area contributed by atoms with Crippen molar-refractivity contribution in [1.82, 2.24) is 35.1 Å². The Balaban J connectivity index is 0.000000241. The van der Waals surface area contributed by atoms with E-state index in [1.54, 1.807) is 6.33 Å². The highest BCUT2D eigenvalue weighted by Gasteiger charge is 2.27. The lowest BCUT2D eigenvalue weighted by atomic mass is 10.0. The largest absolute Gasteiger partial charge is 0.382 e. The monoisotopic (exact) mass is 491 g/mol. The van der Waals surface area contributed by atoms with E-state index in [1.807, 2.05) is 17.1 Å². The summed E-state index contributed by atoms with van der Waals surface area (Å²) in [5.74, 6) is 0.522. The van der Waals surface area contributed by atoms with E-state index in [-0.39, 0.29) is 23.0 Å². The first kappa shape index (κ1) is 28.7. The molecule has 5 N–H and O–H groups in total. The Labute approximate surface area is 209 Å². The van der Waals surface area contributed by atoms with Crippen LogP contribution in [0.2, 0.25) is 0 Å². The van der Waals surface area contributed by atoms with Gasteiger partial charge in [0.15, 0.2) is 0 Å². The van der Waals surface area contributed by atoms with Gasteiger partial charge in [0.1, 0.15) is 12.0 Å². The van der Waals surface area contributed by atoms with Crippen LogP contribution in [-0.2, 0) is 11.1 Å². The highest BCUT2D eigenvalue weighted by molar-refractivity contribution is 5.23. The summed E-state index contributed by atoms with van der Waals surface area (Å²) in [7, 11) is 0. The maximum Gasteiger partial charge on any atom is 0.381 e. The van der Waals surface area contributed by atoms with Gasteiger partial charge >= 0.3 is 5.82 Å². The Hall–Kier alpha value is -2.50. The summed E-state index contributed by atoms with van der Waals surface area (Å²) < 4.78 is 3.97. The number of aromatic nitrogens is 4. The van der Waals surface area contributed by atoms with Crippen molar-refractivity contribution in [2.24, 2.45) is 0 Å². The standard InChI is InChI=1S/C12H20N4O2.C12H22N4.H3N/c1-12(2,9-14-6-4-3-5-7-14)15-8-11(13-10-15)16(17)18;1-12(2,16-8-11(13)14-10-16)9-15-6-4-3-5-7-15;/h8,10H,3-7,9H2,1-2H3;8,10H,3-7,9,13H2,1-2H3;1H3. The Kier molecular flexibility index (Phi) is 10.2. The molecule has 2 aromatic rings. The van der Waals surface area contributed by atoms with Crippen LogP contribution in [0, 0.1) is 10.1 Å². The molecule has 11 nitrogen and oxygen atoms in total. The van der Waals surface area contributed by atoms with Crippen LogP contribution in [0.1, 0.15) is 66.2 Å². The number of rotatable bonds is 7. The Morgan fingerprint density at radius 2 is 1.26 bits per heavy atom. The van der Waals surface area contributed by atoms with E-state index in [4.69, 9.17) is 5.73 Å². The van der Waals surface area contributed by atoms with Crippen LogP contribution in [-0.4, -0.2) is 73.1 Å². The lowest BCUT2D eigenvalue weighted by molar-refractivity contribution is -0.389. The van der Waals surface area contributed by atoms with E-state index in [9.17, 15) is 10.1 Å². The second-order valence-corrected chi connectivity index (χ2v) is 10.9. The van der Waals surface area contributed by atoms with Gasteiger partial charge in [-0.2, -0.15) is 0 Å². The van der Waals surface area contributed by atoms with Crippen molar-refractivity contribution >= 4 is 11.6 Å². The van der Waals surface area contributed by atoms with E-state index in [0.717, 1.165) is 26.2 Å². The van der Waals surface area contributed by atoms with Crippen molar-refractivity contribution in [1.29, 1.82) is 0 Å². The molecular weight excluding hydrogens is 446 g/mol. The highest BCUT2D eigenvalue weighted by Crippen LogP contribution is 2.22. The number of likely N-dealkylation sites (tertiary alicyclic amines) is 2. The van der Waals surface area contributed by atoms with Gasteiger partial charge in [0.25, 0.3) is 0 Å². The average molecular weight is 492 g/mol. The van der Waals surface area contributed by atoms with E-state index < -0.39 is 4.92 Å². The highest BCUT2D eigenvalue weighted by atomic mass is 16.6. The summed E-state index contributed by atoms with van der Waals surface area (Å²) in [6, 6.07) is 0. The molecule has 2 saturated heterocycles. The fraction of sp³-hybridized carbons (Fsp3) is 0.750. The van der Waals surface area contributed by atoms with E-state index in [1.165, 1.54) is 57.8 Å². The molecule has 35 heavy (non-hydrogen) atoms. The van der Waals surface area contributed by atoms with Crippen LogP contribution in [0.5, 0.6) is 0 Å². The number of hydrogen-bond donors (Lipinski definition) is 2. The molecule has 2 aliphatic rings. The maximum atomic E-state index is 10.7. The fourth-order valence-corrected chi connectivity index (χ4v) is 4.90. The molecule has 0 unspecified atom stereocenters. The summed E-state index contributed by atoms with van der Waals surface area (Å²) in [6.07, 6.45) is 14.7. The average Bonchev–Trinajstić information content (AvgIpc) is 3.46. The molecule has 11 heteroatoms. The van der Waals surface area contributed by atoms with Gasteiger partial charge in [-0.1, -0.05) is 12.8 Å². The molecule has 0 radical (unpaired) electrons. The molecule has 0 aromatic carbocycles. The van der Waals surface area contributed by atoms with Crippen molar-refractivity contribution in [2.75, 3.05) is 45.0 Å². The predicted molar refractivity (Wildman–Crippen MR) is 140 cm³/mol. The summed E-state index contributed by atoms with van der Waals surface area (Å²) >= 11 is 0. The summed E-state index contributed by atoms with van der Waals surface area (Å²) in [6.45, 7) is 15.3. The van der Waals surface area contributed by atoms with E-state index >= 15 is 0 Å². The van der Waals surface area contributed by atoms with Crippen molar-refractivity contribution in [3.05, 3.63) is 35.2 Å². The zero-order valence-electron chi connectivity index (χ0n) is 22.0. The first-order valence-corrected chi connectivity index (χ1v) is 12.5. The Morgan fingerprint density at radius 1 is 0.829 bits per heavy atom. The number of nitro groups is 1. The van der Waals surface area contributed by atoms with Gasteiger partial charge in [-0.15, -0.1) is 0 Å². The molecule has 4 heterocycles. The van der Waals surface area contributed by atoms with Crippen LogP contribution < -0.4 is 11.9 Å². The molecule has 0 aliphatic carbocycles. The van der Waals surface area contributed by atoms with Gasteiger partial charge in [0.2, 0.25) is 6.33 Å². The molecule has 0 spiro atoms. The van der Waals surface area contributed by atoms with Gasteiger partial charge in [-0.3, -0.25) is 0 Å². The fourth-order valence-electron chi connectivity index (χ4n) is 4.90. The minimum Gasteiger partial charge on any atom is -0.382 e. The second kappa shape index (κ2) is 12.5. The van der Waals surface area contributed by atoms with Crippen LogP contribution >= 0.6 is 0 Å². The quantitative estimate of drug-likeness (QED) is 0.438.